The van der Waals surface area contributed by atoms with Gasteiger partial charge in [-0.3, -0.25) is 11.3 Å². The molecule has 1 heterocycles. The van der Waals surface area contributed by atoms with Crippen LogP contribution >= 0.6 is 11.8 Å². The first-order valence-electron chi connectivity index (χ1n) is 6.18. The van der Waals surface area contributed by atoms with Crippen LogP contribution in [-0.2, 0) is 4.74 Å². The molecule has 1 saturated heterocycles. The van der Waals surface area contributed by atoms with Crippen molar-refractivity contribution in [2.75, 3.05) is 32.3 Å². The molecule has 0 spiro atoms. The third kappa shape index (κ3) is 3.14. The van der Waals surface area contributed by atoms with Crippen molar-refractivity contribution >= 4 is 11.8 Å². The van der Waals surface area contributed by atoms with Crippen molar-refractivity contribution in [2.45, 2.75) is 12.1 Å². The Bertz CT molecular complexity index is 389. The lowest BCUT2D eigenvalue weighted by molar-refractivity contribution is 0.0454. The monoisotopic (exact) mass is 284 g/mol. The Balaban J connectivity index is 2.35. The summed E-state index contributed by atoms with van der Waals surface area (Å²) in [6, 6.07) is 5.54. The van der Waals surface area contributed by atoms with Crippen molar-refractivity contribution < 1.29 is 14.2 Å². The van der Waals surface area contributed by atoms with Gasteiger partial charge < -0.3 is 14.2 Å². The maximum absolute atomic E-state index is 5.81. The summed E-state index contributed by atoms with van der Waals surface area (Å²) in [6.45, 7) is 0.741. The second kappa shape index (κ2) is 7.00. The van der Waals surface area contributed by atoms with E-state index < -0.39 is 0 Å². The van der Waals surface area contributed by atoms with Crippen molar-refractivity contribution in [2.24, 2.45) is 5.84 Å². The summed E-state index contributed by atoms with van der Waals surface area (Å²) >= 11 is 1.87. The molecule has 19 heavy (non-hydrogen) atoms. The maximum atomic E-state index is 5.81. The Morgan fingerprint density at radius 3 is 2.53 bits per heavy atom. The van der Waals surface area contributed by atoms with E-state index in [1.165, 1.54) is 0 Å². The molecule has 1 aromatic rings. The lowest BCUT2D eigenvalue weighted by Crippen LogP contribution is -2.41. The number of rotatable bonds is 5. The van der Waals surface area contributed by atoms with Gasteiger partial charge in [0.05, 0.1) is 38.5 Å². The third-order valence-electron chi connectivity index (χ3n) is 3.17. The lowest BCUT2D eigenvalue weighted by Gasteiger charge is -2.31. The number of methoxy groups -OCH3 is 2. The summed E-state index contributed by atoms with van der Waals surface area (Å²) in [4.78, 5) is 0. The Morgan fingerprint density at radius 2 is 2.05 bits per heavy atom. The van der Waals surface area contributed by atoms with Crippen molar-refractivity contribution in [3.63, 3.8) is 0 Å². The van der Waals surface area contributed by atoms with Gasteiger partial charge in [0.25, 0.3) is 0 Å². The third-order valence-corrected chi connectivity index (χ3v) is 4.19. The molecule has 2 unspecified atom stereocenters. The standard InChI is InChI=1S/C13H20N2O3S/c1-16-9-4-3-5-10(17-2)12(9)13(15-14)11-8-19-7-6-18-11/h3-5,11,13,15H,6-8,14H2,1-2H3. The topological polar surface area (TPSA) is 65.7 Å². The molecule has 106 valence electrons. The highest BCUT2D eigenvalue weighted by Crippen LogP contribution is 2.37. The van der Waals surface area contributed by atoms with E-state index in [4.69, 9.17) is 20.1 Å². The number of ether oxygens (including phenoxy) is 3. The largest absolute Gasteiger partial charge is 0.496 e. The summed E-state index contributed by atoms with van der Waals surface area (Å²) in [7, 11) is 3.28. The average molecular weight is 284 g/mol. The van der Waals surface area contributed by atoms with Gasteiger partial charge in [-0.05, 0) is 12.1 Å². The van der Waals surface area contributed by atoms with E-state index in [1.807, 2.05) is 30.0 Å². The molecule has 1 aliphatic rings. The summed E-state index contributed by atoms with van der Waals surface area (Å²) in [6.07, 6.45) is 0.00829. The van der Waals surface area contributed by atoms with Crippen LogP contribution in [0.15, 0.2) is 18.2 Å². The minimum atomic E-state index is -0.154. The van der Waals surface area contributed by atoms with Gasteiger partial charge in [-0.15, -0.1) is 0 Å². The molecule has 0 saturated carbocycles. The van der Waals surface area contributed by atoms with Crippen LogP contribution < -0.4 is 20.7 Å². The first-order chi connectivity index (χ1) is 9.31. The minimum absolute atomic E-state index is 0.00829. The normalized spacial score (nSPS) is 20.9. The zero-order valence-corrected chi connectivity index (χ0v) is 12.0. The minimum Gasteiger partial charge on any atom is -0.496 e. The van der Waals surface area contributed by atoms with Crippen LogP contribution in [0.2, 0.25) is 0 Å². The van der Waals surface area contributed by atoms with Crippen LogP contribution in [0.5, 0.6) is 11.5 Å². The SMILES string of the molecule is COc1cccc(OC)c1C(NN)C1CSCCO1. The lowest BCUT2D eigenvalue weighted by atomic mass is 10.00. The summed E-state index contributed by atoms with van der Waals surface area (Å²) in [5, 5.41) is 0. The van der Waals surface area contributed by atoms with E-state index >= 15 is 0 Å². The molecule has 0 amide bonds. The van der Waals surface area contributed by atoms with Gasteiger partial charge in [0.15, 0.2) is 0 Å². The first kappa shape index (κ1) is 14.5. The molecule has 6 heteroatoms. The zero-order valence-electron chi connectivity index (χ0n) is 11.2. The molecule has 0 radical (unpaired) electrons. The fraction of sp³-hybridized carbons (Fsp3) is 0.538. The second-order valence-electron chi connectivity index (χ2n) is 4.20. The molecule has 0 bridgehead atoms. The smallest absolute Gasteiger partial charge is 0.127 e. The summed E-state index contributed by atoms with van der Waals surface area (Å²) in [5.74, 6) is 9.16. The highest BCUT2D eigenvalue weighted by atomic mass is 32.2. The molecule has 0 aliphatic carbocycles. The molecular formula is C13H20N2O3S. The van der Waals surface area contributed by atoms with E-state index in [9.17, 15) is 0 Å². The highest BCUT2D eigenvalue weighted by Gasteiger charge is 2.30. The van der Waals surface area contributed by atoms with Crippen molar-refractivity contribution in [1.29, 1.82) is 0 Å². The zero-order chi connectivity index (χ0) is 13.7. The van der Waals surface area contributed by atoms with Crippen LogP contribution in [0, 0.1) is 0 Å². The van der Waals surface area contributed by atoms with E-state index in [2.05, 4.69) is 5.43 Å². The van der Waals surface area contributed by atoms with Crippen LogP contribution in [0.3, 0.4) is 0 Å². The van der Waals surface area contributed by atoms with Crippen LogP contribution in [0.1, 0.15) is 11.6 Å². The van der Waals surface area contributed by atoms with Crippen molar-refractivity contribution in [1.82, 2.24) is 5.43 Å². The predicted molar refractivity (Wildman–Crippen MR) is 76.7 cm³/mol. The van der Waals surface area contributed by atoms with E-state index in [0.29, 0.717) is 0 Å². The molecule has 2 rings (SSSR count). The Hall–Kier alpha value is -0.950. The Labute approximate surface area is 117 Å². The molecule has 1 aliphatic heterocycles. The number of nitrogens with one attached hydrogen (secondary N) is 1. The van der Waals surface area contributed by atoms with Crippen LogP contribution in [0.25, 0.3) is 0 Å². The summed E-state index contributed by atoms with van der Waals surface area (Å²) in [5.41, 5.74) is 3.74. The van der Waals surface area contributed by atoms with Gasteiger partial charge in [0.1, 0.15) is 11.5 Å². The molecule has 1 fully saturated rings. The number of hydrazine groups is 1. The Morgan fingerprint density at radius 1 is 1.37 bits per heavy atom. The Kier molecular flexibility index (Phi) is 5.33. The number of hydrogen-bond acceptors (Lipinski definition) is 6. The number of hydrogen-bond donors (Lipinski definition) is 2. The molecule has 3 N–H and O–H groups in total. The van der Waals surface area contributed by atoms with Crippen molar-refractivity contribution in [3.8, 4) is 11.5 Å². The van der Waals surface area contributed by atoms with Gasteiger partial charge in [-0.1, -0.05) is 6.07 Å². The maximum Gasteiger partial charge on any atom is 0.127 e. The fourth-order valence-electron chi connectivity index (χ4n) is 2.26. The molecule has 2 atom stereocenters. The van der Waals surface area contributed by atoms with E-state index in [-0.39, 0.29) is 12.1 Å². The molecule has 1 aromatic carbocycles. The van der Waals surface area contributed by atoms with Crippen LogP contribution in [0.4, 0.5) is 0 Å². The number of thioether (sulfide) groups is 1. The van der Waals surface area contributed by atoms with Gasteiger partial charge >= 0.3 is 0 Å². The molecule has 5 nitrogen and oxygen atoms in total. The van der Waals surface area contributed by atoms with Gasteiger partial charge in [0.2, 0.25) is 0 Å². The first-order valence-corrected chi connectivity index (χ1v) is 7.33. The van der Waals surface area contributed by atoms with Gasteiger partial charge in [-0.25, -0.2) is 0 Å². The average Bonchev–Trinajstić information content (AvgIpc) is 2.49. The van der Waals surface area contributed by atoms with E-state index in [1.54, 1.807) is 14.2 Å². The van der Waals surface area contributed by atoms with E-state index in [0.717, 1.165) is 35.2 Å². The highest BCUT2D eigenvalue weighted by molar-refractivity contribution is 7.99. The van der Waals surface area contributed by atoms with Crippen LogP contribution in [-0.4, -0.2) is 38.4 Å². The second-order valence-corrected chi connectivity index (χ2v) is 5.35. The molecular weight excluding hydrogens is 264 g/mol. The van der Waals surface area contributed by atoms with Crippen molar-refractivity contribution in [3.05, 3.63) is 23.8 Å². The summed E-state index contributed by atoms with van der Waals surface area (Å²) < 4.78 is 16.7. The number of benzene rings is 1. The molecule has 0 aromatic heterocycles. The predicted octanol–water partition coefficient (Wildman–Crippen LogP) is 1.34. The fourth-order valence-corrected chi connectivity index (χ4v) is 3.16. The van der Waals surface area contributed by atoms with Gasteiger partial charge in [-0.2, -0.15) is 11.8 Å². The quantitative estimate of drug-likeness (QED) is 0.628. The number of nitrogens with two attached hydrogens (primary N) is 1. The van der Waals surface area contributed by atoms with Gasteiger partial charge in [0, 0.05) is 11.5 Å².